The smallest absolute Gasteiger partial charge is 0.417 e. The third-order valence-corrected chi connectivity index (χ3v) is 3.08. The van der Waals surface area contributed by atoms with Gasteiger partial charge in [-0.3, -0.25) is 4.79 Å². The van der Waals surface area contributed by atoms with Crippen LogP contribution in [0.5, 0.6) is 5.75 Å². The lowest BCUT2D eigenvalue weighted by atomic mass is 10.1. The van der Waals surface area contributed by atoms with E-state index in [0.717, 1.165) is 6.07 Å². The molecule has 0 aliphatic heterocycles. The number of methoxy groups -OCH3 is 1. The molecule has 2 nitrogen and oxygen atoms in total. The minimum Gasteiger partial charge on any atom is -0.496 e. The number of Topliss-reactive ketones (excluding diaryl/α,β-unsaturated/α-hetero) is 1. The van der Waals surface area contributed by atoms with Crippen molar-refractivity contribution in [3.8, 4) is 5.75 Å². The number of hydrogen-bond donors (Lipinski definition) is 0. The van der Waals surface area contributed by atoms with Gasteiger partial charge in [-0.1, -0.05) is 0 Å². The molecule has 0 unspecified atom stereocenters. The molecule has 88 valence electrons. The van der Waals surface area contributed by atoms with Gasteiger partial charge in [0.05, 0.1) is 16.2 Å². The number of hydrogen-bond acceptors (Lipinski definition) is 2. The number of alkyl halides is 3. The molecule has 0 amide bonds. The van der Waals surface area contributed by atoms with Crippen LogP contribution in [-0.2, 0) is 6.18 Å². The standard InChI is InChI=1S/C10H8F3IO2/c1-5(15)6-3-7(10(11,12)13)9(14)8(4-6)16-2/h3-4H,1-2H3. The third-order valence-electron chi connectivity index (χ3n) is 1.97. The van der Waals surface area contributed by atoms with Crippen molar-refractivity contribution in [2.45, 2.75) is 13.1 Å². The van der Waals surface area contributed by atoms with Gasteiger partial charge in [-0.15, -0.1) is 0 Å². The van der Waals surface area contributed by atoms with E-state index in [1.54, 1.807) is 22.6 Å². The second-order valence-corrected chi connectivity index (χ2v) is 4.17. The Morgan fingerprint density at radius 1 is 1.38 bits per heavy atom. The van der Waals surface area contributed by atoms with Crippen molar-refractivity contribution in [2.24, 2.45) is 0 Å². The summed E-state index contributed by atoms with van der Waals surface area (Å²) in [6, 6.07) is 2.14. The first kappa shape index (κ1) is 13.3. The molecule has 0 N–H and O–H groups in total. The van der Waals surface area contributed by atoms with Gasteiger partial charge in [0, 0.05) is 5.56 Å². The van der Waals surface area contributed by atoms with Crippen molar-refractivity contribution in [3.05, 3.63) is 26.8 Å². The van der Waals surface area contributed by atoms with Crippen molar-refractivity contribution < 1.29 is 22.7 Å². The van der Waals surface area contributed by atoms with Crippen molar-refractivity contribution in [3.63, 3.8) is 0 Å². The maximum Gasteiger partial charge on any atom is 0.417 e. The van der Waals surface area contributed by atoms with E-state index in [9.17, 15) is 18.0 Å². The van der Waals surface area contributed by atoms with Crippen LogP contribution >= 0.6 is 22.6 Å². The Kier molecular flexibility index (Phi) is 3.82. The van der Waals surface area contributed by atoms with Crippen LogP contribution in [0.4, 0.5) is 13.2 Å². The van der Waals surface area contributed by atoms with Gasteiger partial charge in [-0.2, -0.15) is 13.2 Å². The van der Waals surface area contributed by atoms with E-state index in [2.05, 4.69) is 0 Å². The molecule has 6 heteroatoms. The van der Waals surface area contributed by atoms with Crippen LogP contribution in [0.3, 0.4) is 0 Å². The van der Waals surface area contributed by atoms with Gasteiger partial charge < -0.3 is 4.74 Å². The van der Waals surface area contributed by atoms with Gasteiger partial charge in [0.1, 0.15) is 5.75 Å². The maximum atomic E-state index is 12.6. The quantitative estimate of drug-likeness (QED) is 0.606. The minimum atomic E-state index is -4.49. The average Bonchev–Trinajstić information content (AvgIpc) is 2.15. The Hall–Kier alpha value is -0.790. The molecular formula is C10H8F3IO2. The molecular weight excluding hydrogens is 336 g/mol. The molecule has 0 aliphatic carbocycles. The highest BCUT2D eigenvalue weighted by Crippen LogP contribution is 2.37. The fourth-order valence-corrected chi connectivity index (χ4v) is 1.99. The van der Waals surface area contributed by atoms with E-state index in [0.29, 0.717) is 0 Å². The van der Waals surface area contributed by atoms with Gasteiger partial charge in [-0.25, -0.2) is 0 Å². The summed E-state index contributed by atoms with van der Waals surface area (Å²) in [7, 11) is 1.27. The minimum absolute atomic E-state index is 0.00964. The van der Waals surface area contributed by atoms with Crippen molar-refractivity contribution in [1.82, 2.24) is 0 Å². The molecule has 0 atom stereocenters. The number of halogens is 4. The van der Waals surface area contributed by atoms with E-state index >= 15 is 0 Å². The molecule has 1 rings (SSSR count). The van der Waals surface area contributed by atoms with Crippen LogP contribution < -0.4 is 4.74 Å². The first-order valence-corrected chi connectivity index (χ1v) is 5.31. The third kappa shape index (κ3) is 2.66. The van der Waals surface area contributed by atoms with Crippen molar-refractivity contribution >= 4 is 28.4 Å². The summed E-state index contributed by atoms with van der Waals surface area (Å²) in [5.41, 5.74) is -0.859. The zero-order chi connectivity index (χ0) is 12.5. The van der Waals surface area contributed by atoms with Gasteiger partial charge in [0.25, 0.3) is 0 Å². The second-order valence-electron chi connectivity index (χ2n) is 3.09. The monoisotopic (exact) mass is 344 g/mol. The van der Waals surface area contributed by atoms with Crippen LogP contribution in [-0.4, -0.2) is 12.9 Å². The van der Waals surface area contributed by atoms with Crippen LogP contribution in [0.2, 0.25) is 0 Å². The predicted octanol–water partition coefficient (Wildman–Crippen LogP) is 3.52. The zero-order valence-corrected chi connectivity index (χ0v) is 10.6. The molecule has 0 radical (unpaired) electrons. The number of rotatable bonds is 2. The zero-order valence-electron chi connectivity index (χ0n) is 8.48. The summed E-state index contributed by atoms with van der Waals surface area (Å²) < 4.78 is 42.7. The fraction of sp³-hybridized carbons (Fsp3) is 0.300. The van der Waals surface area contributed by atoms with Crippen LogP contribution in [0, 0.1) is 3.57 Å². The highest BCUT2D eigenvalue weighted by atomic mass is 127. The number of carbonyl (C=O) groups excluding carboxylic acids is 1. The fourth-order valence-electron chi connectivity index (χ4n) is 1.16. The molecule has 0 saturated heterocycles. The Bertz CT molecular complexity index is 427. The SMILES string of the molecule is COc1cc(C(C)=O)cc(C(F)(F)F)c1I. The lowest BCUT2D eigenvalue weighted by Gasteiger charge is -2.13. The topological polar surface area (TPSA) is 26.3 Å². The predicted molar refractivity (Wildman–Crippen MR) is 60.7 cm³/mol. The van der Waals surface area contributed by atoms with Gasteiger partial charge in [0.15, 0.2) is 5.78 Å². The summed E-state index contributed by atoms with van der Waals surface area (Å²) in [6.45, 7) is 1.21. The van der Waals surface area contributed by atoms with E-state index in [4.69, 9.17) is 4.74 Å². The second kappa shape index (κ2) is 4.60. The van der Waals surface area contributed by atoms with E-state index < -0.39 is 17.5 Å². The highest BCUT2D eigenvalue weighted by Gasteiger charge is 2.35. The first-order chi connectivity index (χ1) is 7.27. The Morgan fingerprint density at radius 2 is 1.94 bits per heavy atom. The summed E-state index contributed by atoms with van der Waals surface area (Å²) in [5.74, 6) is -0.374. The Labute approximate surface area is 104 Å². The molecule has 1 aromatic carbocycles. The lowest BCUT2D eigenvalue weighted by Crippen LogP contribution is -2.10. The number of benzene rings is 1. The molecule has 0 aromatic heterocycles. The molecule has 0 saturated carbocycles. The van der Waals surface area contributed by atoms with Gasteiger partial charge >= 0.3 is 6.18 Å². The van der Waals surface area contributed by atoms with Gasteiger partial charge in [0.2, 0.25) is 0 Å². The average molecular weight is 344 g/mol. The largest absolute Gasteiger partial charge is 0.496 e. The molecule has 16 heavy (non-hydrogen) atoms. The number of ketones is 1. The van der Waals surface area contributed by atoms with Crippen molar-refractivity contribution in [1.29, 1.82) is 0 Å². The highest BCUT2D eigenvalue weighted by molar-refractivity contribution is 14.1. The van der Waals surface area contributed by atoms with E-state index in [-0.39, 0.29) is 14.9 Å². The van der Waals surface area contributed by atoms with Crippen LogP contribution in [0.1, 0.15) is 22.8 Å². The molecule has 0 bridgehead atoms. The van der Waals surface area contributed by atoms with Crippen LogP contribution in [0.25, 0.3) is 0 Å². The molecule has 0 spiro atoms. The van der Waals surface area contributed by atoms with E-state index in [1.165, 1.54) is 20.1 Å². The molecule has 0 heterocycles. The molecule has 0 fully saturated rings. The Balaban J connectivity index is 3.48. The van der Waals surface area contributed by atoms with E-state index in [1.807, 2.05) is 0 Å². The summed E-state index contributed by atoms with van der Waals surface area (Å²) in [4.78, 5) is 11.1. The number of ether oxygens (including phenoxy) is 1. The van der Waals surface area contributed by atoms with Crippen LogP contribution in [0.15, 0.2) is 12.1 Å². The maximum absolute atomic E-state index is 12.6. The Morgan fingerprint density at radius 3 is 2.31 bits per heavy atom. The number of carbonyl (C=O) groups is 1. The summed E-state index contributed by atoms with van der Waals surface area (Å²) >= 11 is 1.55. The normalized spacial score (nSPS) is 11.4. The molecule has 0 aliphatic rings. The van der Waals surface area contributed by atoms with Crippen molar-refractivity contribution in [2.75, 3.05) is 7.11 Å². The lowest BCUT2D eigenvalue weighted by molar-refractivity contribution is -0.138. The summed E-state index contributed by atoms with van der Waals surface area (Å²) in [5, 5.41) is 0. The summed E-state index contributed by atoms with van der Waals surface area (Å²) in [6.07, 6.45) is -4.49. The first-order valence-electron chi connectivity index (χ1n) is 4.23. The van der Waals surface area contributed by atoms with Gasteiger partial charge in [-0.05, 0) is 41.6 Å². The molecule has 1 aromatic rings.